The van der Waals surface area contributed by atoms with Crippen molar-refractivity contribution in [3.05, 3.63) is 34.3 Å². The van der Waals surface area contributed by atoms with Crippen molar-refractivity contribution in [2.45, 2.75) is 18.4 Å². The fraction of sp³-hybridized carbons (Fsp3) is 0.500. The Balaban J connectivity index is 1.75. The van der Waals surface area contributed by atoms with Gasteiger partial charge < -0.3 is 20.7 Å². The normalized spacial score (nSPS) is 16.6. The molecule has 2 amide bonds. The predicted octanol–water partition coefficient (Wildman–Crippen LogP) is 1.06. The Morgan fingerprint density at radius 3 is 2.39 bits per heavy atom. The van der Waals surface area contributed by atoms with Gasteiger partial charge in [-0.25, -0.2) is 0 Å². The minimum atomic E-state index is -0.749. The highest BCUT2D eigenvalue weighted by atomic mass is 79.9. The summed E-state index contributed by atoms with van der Waals surface area (Å²) in [4.78, 5) is 24.3. The molecule has 1 aromatic carbocycles. The molecule has 2 rings (SSSR count). The second-order valence-corrected chi connectivity index (χ2v) is 6.38. The van der Waals surface area contributed by atoms with E-state index in [2.05, 4.69) is 31.9 Å². The van der Waals surface area contributed by atoms with Crippen molar-refractivity contribution in [2.24, 2.45) is 0 Å². The molecule has 0 unspecified atom stereocenters. The van der Waals surface area contributed by atoms with Crippen molar-refractivity contribution in [2.75, 3.05) is 33.3 Å². The molecule has 1 aliphatic heterocycles. The van der Waals surface area contributed by atoms with Crippen LogP contribution in [-0.4, -0.2) is 50.7 Å². The summed E-state index contributed by atoms with van der Waals surface area (Å²) in [7, 11) is 1.57. The summed E-state index contributed by atoms with van der Waals surface area (Å²) < 4.78 is 6.38. The fourth-order valence-corrected chi connectivity index (χ4v) is 2.84. The third kappa shape index (κ3) is 4.76. The predicted molar refractivity (Wildman–Crippen MR) is 91.3 cm³/mol. The third-order valence-corrected chi connectivity index (χ3v) is 4.55. The first kappa shape index (κ1) is 17.9. The number of amides is 2. The SMILES string of the molecule is COC1(C(=O)NCCNC(=O)c2ccc(Br)cc2)CCNCC1. The van der Waals surface area contributed by atoms with E-state index in [0.717, 1.165) is 17.6 Å². The molecule has 1 aliphatic rings. The van der Waals surface area contributed by atoms with E-state index in [0.29, 0.717) is 31.5 Å². The van der Waals surface area contributed by atoms with Gasteiger partial charge in [-0.05, 0) is 50.2 Å². The lowest BCUT2D eigenvalue weighted by Crippen LogP contribution is -2.54. The Morgan fingerprint density at radius 2 is 1.78 bits per heavy atom. The lowest BCUT2D eigenvalue weighted by molar-refractivity contribution is -0.146. The van der Waals surface area contributed by atoms with Gasteiger partial charge in [-0.15, -0.1) is 0 Å². The number of nitrogens with one attached hydrogen (secondary N) is 3. The number of rotatable bonds is 6. The van der Waals surface area contributed by atoms with E-state index in [4.69, 9.17) is 4.74 Å². The standard InChI is InChI=1S/C16H22BrN3O3/c1-23-16(6-8-18-9-7-16)15(22)20-11-10-19-14(21)12-2-4-13(17)5-3-12/h2-5,18H,6-11H2,1H3,(H,19,21)(H,20,22). The quantitative estimate of drug-likeness (QED) is 0.641. The van der Waals surface area contributed by atoms with Crippen molar-refractivity contribution in [1.82, 2.24) is 16.0 Å². The Labute approximate surface area is 144 Å². The topological polar surface area (TPSA) is 79.5 Å². The number of methoxy groups -OCH3 is 1. The Morgan fingerprint density at radius 1 is 1.17 bits per heavy atom. The number of carbonyl (C=O) groups excluding carboxylic acids is 2. The Kier molecular flexibility index (Phi) is 6.56. The van der Waals surface area contributed by atoms with Gasteiger partial charge in [0.05, 0.1) is 0 Å². The molecule has 7 heteroatoms. The van der Waals surface area contributed by atoms with Crippen LogP contribution in [0.1, 0.15) is 23.2 Å². The minimum absolute atomic E-state index is 0.112. The van der Waals surface area contributed by atoms with Gasteiger partial charge in [0.25, 0.3) is 11.8 Å². The zero-order valence-electron chi connectivity index (χ0n) is 13.2. The molecule has 0 saturated carbocycles. The summed E-state index contributed by atoms with van der Waals surface area (Å²) >= 11 is 3.33. The number of halogens is 1. The highest BCUT2D eigenvalue weighted by molar-refractivity contribution is 9.10. The maximum Gasteiger partial charge on any atom is 0.252 e. The number of hydrogen-bond donors (Lipinski definition) is 3. The van der Waals surface area contributed by atoms with Crippen LogP contribution in [0.25, 0.3) is 0 Å². The smallest absolute Gasteiger partial charge is 0.252 e. The molecule has 0 atom stereocenters. The maximum atomic E-state index is 12.3. The summed E-state index contributed by atoms with van der Waals surface area (Å²) in [5, 5.41) is 8.84. The lowest BCUT2D eigenvalue weighted by Gasteiger charge is -2.34. The molecule has 0 aliphatic carbocycles. The number of benzene rings is 1. The van der Waals surface area contributed by atoms with Gasteiger partial charge in [-0.3, -0.25) is 9.59 Å². The monoisotopic (exact) mass is 383 g/mol. The molecule has 0 radical (unpaired) electrons. The fourth-order valence-electron chi connectivity index (χ4n) is 2.57. The van der Waals surface area contributed by atoms with E-state index in [-0.39, 0.29) is 11.8 Å². The van der Waals surface area contributed by atoms with Gasteiger partial charge in [-0.2, -0.15) is 0 Å². The Hall–Kier alpha value is -1.44. The molecule has 1 aromatic rings. The van der Waals surface area contributed by atoms with Gasteiger partial charge >= 0.3 is 0 Å². The molecule has 126 valence electrons. The van der Waals surface area contributed by atoms with Gasteiger partial charge in [0.1, 0.15) is 5.60 Å². The summed E-state index contributed by atoms with van der Waals surface area (Å²) in [6.07, 6.45) is 1.31. The third-order valence-electron chi connectivity index (χ3n) is 4.02. The molecule has 0 aromatic heterocycles. The first-order valence-corrected chi connectivity index (χ1v) is 8.45. The first-order chi connectivity index (χ1) is 11.1. The van der Waals surface area contributed by atoms with Crippen LogP contribution in [0.5, 0.6) is 0 Å². The zero-order chi connectivity index (χ0) is 16.7. The molecule has 23 heavy (non-hydrogen) atoms. The molecular formula is C16H22BrN3O3. The van der Waals surface area contributed by atoms with Gasteiger partial charge in [0, 0.05) is 30.2 Å². The first-order valence-electron chi connectivity index (χ1n) is 7.65. The van der Waals surface area contributed by atoms with Crippen LogP contribution < -0.4 is 16.0 Å². The highest BCUT2D eigenvalue weighted by Crippen LogP contribution is 2.22. The van der Waals surface area contributed by atoms with Crippen LogP contribution in [-0.2, 0) is 9.53 Å². The van der Waals surface area contributed by atoms with Gasteiger partial charge in [0.15, 0.2) is 0 Å². The van der Waals surface area contributed by atoms with Crippen molar-refractivity contribution in [3.63, 3.8) is 0 Å². The number of piperidine rings is 1. The minimum Gasteiger partial charge on any atom is -0.368 e. The van der Waals surface area contributed by atoms with Crippen LogP contribution in [0.4, 0.5) is 0 Å². The average molecular weight is 384 g/mol. The van der Waals surface area contributed by atoms with Crippen LogP contribution in [0.3, 0.4) is 0 Å². The van der Waals surface area contributed by atoms with Crippen molar-refractivity contribution in [3.8, 4) is 0 Å². The van der Waals surface area contributed by atoms with Gasteiger partial charge in [-0.1, -0.05) is 15.9 Å². The summed E-state index contributed by atoms with van der Waals surface area (Å²) in [5.41, 5.74) is -0.160. The van der Waals surface area contributed by atoms with Crippen LogP contribution in [0.2, 0.25) is 0 Å². The molecule has 1 saturated heterocycles. The van der Waals surface area contributed by atoms with Crippen LogP contribution >= 0.6 is 15.9 Å². The zero-order valence-corrected chi connectivity index (χ0v) is 14.7. The van der Waals surface area contributed by atoms with E-state index in [1.54, 1.807) is 19.2 Å². The Bertz CT molecular complexity index is 542. The number of carbonyl (C=O) groups is 2. The summed E-state index contributed by atoms with van der Waals surface area (Å²) in [5.74, 6) is -0.269. The molecule has 1 heterocycles. The second-order valence-electron chi connectivity index (χ2n) is 5.47. The summed E-state index contributed by atoms with van der Waals surface area (Å²) in [6.45, 7) is 2.28. The molecule has 0 spiro atoms. The van der Waals surface area contributed by atoms with Crippen molar-refractivity contribution in [1.29, 1.82) is 0 Å². The average Bonchev–Trinajstić information content (AvgIpc) is 2.59. The van der Waals surface area contributed by atoms with E-state index >= 15 is 0 Å². The molecule has 0 bridgehead atoms. The van der Waals surface area contributed by atoms with E-state index in [1.165, 1.54) is 0 Å². The lowest BCUT2D eigenvalue weighted by atomic mass is 9.91. The molecule has 6 nitrogen and oxygen atoms in total. The second kappa shape index (κ2) is 8.42. The maximum absolute atomic E-state index is 12.3. The molecule has 1 fully saturated rings. The van der Waals surface area contributed by atoms with E-state index in [9.17, 15) is 9.59 Å². The highest BCUT2D eigenvalue weighted by Gasteiger charge is 2.39. The number of hydrogen-bond acceptors (Lipinski definition) is 4. The van der Waals surface area contributed by atoms with Crippen LogP contribution in [0, 0.1) is 0 Å². The van der Waals surface area contributed by atoms with Crippen molar-refractivity contribution < 1.29 is 14.3 Å². The van der Waals surface area contributed by atoms with Gasteiger partial charge in [0.2, 0.25) is 0 Å². The van der Waals surface area contributed by atoms with Crippen LogP contribution in [0.15, 0.2) is 28.7 Å². The number of ether oxygens (including phenoxy) is 1. The molecule has 3 N–H and O–H groups in total. The summed E-state index contributed by atoms with van der Waals surface area (Å²) in [6, 6.07) is 7.12. The van der Waals surface area contributed by atoms with E-state index in [1.807, 2.05) is 12.1 Å². The van der Waals surface area contributed by atoms with Crippen molar-refractivity contribution >= 4 is 27.7 Å². The van der Waals surface area contributed by atoms with E-state index < -0.39 is 5.60 Å². The molecular weight excluding hydrogens is 362 g/mol. The largest absolute Gasteiger partial charge is 0.368 e.